The first-order valence-corrected chi connectivity index (χ1v) is 14.9. The van der Waals surface area contributed by atoms with E-state index in [0.717, 1.165) is 6.42 Å². The summed E-state index contributed by atoms with van der Waals surface area (Å²) in [6, 6.07) is 4.51. The summed E-state index contributed by atoms with van der Waals surface area (Å²) in [5, 5.41) is 4.62. The summed E-state index contributed by atoms with van der Waals surface area (Å²) in [5.41, 5.74) is 0.909. The third-order valence-corrected chi connectivity index (χ3v) is 9.23. The number of nitrogens with zero attached hydrogens (tertiary/aromatic N) is 6. The fourth-order valence-electron chi connectivity index (χ4n) is 5.15. The van der Waals surface area contributed by atoms with Crippen molar-refractivity contribution >= 4 is 21.4 Å². The zero-order chi connectivity index (χ0) is 28.4. The molecule has 2 fully saturated rings. The van der Waals surface area contributed by atoms with Crippen molar-refractivity contribution in [3.8, 4) is 17.1 Å². The molecule has 1 N–H and O–H groups in total. The largest absolute Gasteiger partial charge is 0.496 e. The Morgan fingerprint density at radius 1 is 1.12 bits per heavy atom. The molecule has 1 amide bonds. The van der Waals surface area contributed by atoms with Gasteiger partial charge in [-0.25, -0.2) is 17.9 Å². The van der Waals surface area contributed by atoms with Crippen LogP contribution in [-0.2, 0) is 26.0 Å². The number of sulfonamides is 1. The Morgan fingerprint density at radius 2 is 1.85 bits per heavy atom. The number of piperazine rings is 1. The molecule has 0 saturated carbocycles. The Labute approximate surface area is 232 Å². The molecule has 0 radical (unpaired) electrons. The average molecular weight is 574 g/mol. The number of fused-ring (bicyclic) bond motifs is 1. The molecule has 40 heavy (non-hydrogen) atoms. The second-order valence-electron chi connectivity index (χ2n) is 9.96. The van der Waals surface area contributed by atoms with E-state index in [1.807, 2.05) is 6.92 Å². The number of hydrogen-bond donors (Lipinski definition) is 1. The maximum atomic E-state index is 13.6. The minimum absolute atomic E-state index is 0.00622. The monoisotopic (exact) mass is 573 g/mol. The molecule has 2 aliphatic rings. The van der Waals surface area contributed by atoms with Crippen LogP contribution in [0.2, 0.25) is 0 Å². The number of methoxy groups -OCH3 is 1. The quantitative estimate of drug-likeness (QED) is 0.408. The highest BCUT2D eigenvalue weighted by Crippen LogP contribution is 2.31. The maximum absolute atomic E-state index is 13.6. The van der Waals surface area contributed by atoms with Crippen LogP contribution in [0.1, 0.15) is 24.9 Å². The van der Waals surface area contributed by atoms with Gasteiger partial charge in [0.2, 0.25) is 15.9 Å². The zero-order valence-electron chi connectivity index (χ0n) is 23.1. The minimum Gasteiger partial charge on any atom is -0.496 e. The lowest BCUT2D eigenvalue weighted by Crippen LogP contribution is -2.53. The fraction of sp³-hybridized carbons (Fsp3) is 0.538. The van der Waals surface area contributed by atoms with Crippen LogP contribution in [0.4, 0.5) is 0 Å². The van der Waals surface area contributed by atoms with Crippen molar-refractivity contribution in [1.82, 2.24) is 33.7 Å². The molecule has 5 rings (SSSR count). The molecular weight excluding hydrogens is 538 g/mol. The van der Waals surface area contributed by atoms with Crippen LogP contribution < -0.4 is 10.3 Å². The van der Waals surface area contributed by atoms with E-state index in [2.05, 4.69) is 20.0 Å². The molecule has 1 aromatic carbocycles. The van der Waals surface area contributed by atoms with Crippen molar-refractivity contribution in [2.45, 2.75) is 31.6 Å². The predicted molar refractivity (Wildman–Crippen MR) is 147 cm³/mol. The Kier molecular flexibility index (Phi) is 8.21. The van der Waals surface area contributed by atoms with Gasteiger partial charge in [0, 0.05) is 45.7 Å². The van der Waals surface area contributed by atoms with Crippen molar-refractivity contribution in [1.29, 1.82) is 0 Å². The SMILES string of the molecule is CCCc1nc(C)c2c(=O)[nH]c(-c3cc(S(=O)(=O)N4CCN(C(=O)CN5CCOCC5)CC4)ccc3OC)nn12. The number of rotatable bonds is 8. The Morgan fingerprint density at radius 3 is 2.52 bits per heavy atom. The van der Waals surface area contributed by atoms with E-state index < -0.39 is 10.0 Å². The number of aromatic amines is 1. The van der Waals surface area contributed by atoms with Gasteiger partial charge < -0.3 is 19.4 Å². The second kappa shape index (κ2) is 11.6. The van der Waals surface area contributed by atoms with Crippen LogP contribution in [0, 0.1) is 6.92 Å². The summed E-state index contributed by atoms with van der Waals surface area (Å²) in [4.78, 5) is 36.9. The molecule has 2 saturated heterocycles. The molecule has 2 aromatic heterocycles. The van der Waals surface area contributed by atoms with Gasteiger partial charge >= 0.3 is 0 Å². The first-order chi connectivity index (χ1) is 19.2. The molecular formula is C26H35N7O6S. The van der Waals surface area contributed by atoms with Crippen LogP contribution in [0.3, 0.4) is 0 Å². The lowest BCUT2D eigenvalue weighted by Gasteiger charge is -2.35. The maximum Gasteiger partial charge on any atom is 0.277 e. The number of benzene rings is 1. The molecule has 4 heterocycles. The van der Waals surface area contributed by atoms with E-state index in [0.29, 0.717) is 80.7 Å². The zero-order valence-corrected chi connectivity index (χ0v) is 23.9. The van der Waals surface area contributed by atoms with E-state index >= 15 is 0 Å². The molecule has 0 spiro atoms. The van der Waals surface area contributed by atoms with Gasteiger partial charge in [-0.1, -0.05) is 6.92 Å². The van der Waals surface area contributed by atoms with Crippen molar-refractivity contribution in [3.63, 3.8) is 0 Å². The van der Waals surface area contributed by atoms with E-state index in [4.69, 9.17) is 9.47 Å². The number of hydrogen-bond acceptors (Lipinski definition) is 9. The number of aromatic nitrogens is 4. The van der Waals surface area contributed by atoms with Crippen LogP contribution in [0.15, 0.2) is 27.9 Å². The first kappa shape index (κ1) is 28.2. The van der Waals surface area contributed by atoms with Gasteiger partial charge in [0.05, 0.1) is 43.0 Å². The van der Waals surface area contributed by atoms with Gasteiger partial charge in [-0.15, -0.1) is 5.10 Å². The standard InChI is InChI=1S/C26H35N7O6S/c1-4-5-22-27-18(2)24-26(35)28-25(29-33(22)24)20-16-19(6-7-21(20)38-3)40(36,37)32-10-8-31(9-11-32)23(34)17-30-12-14-39-15-13-30/h6-7,16H,4-5,8-15,17H2,1-3H3,(H,28,29,35). The van der Waals surface area contributed by atoms with Gasteiger partial charge in [0.25, 0.3) is 5.56 Å². The first-order valence-electron chi connectivity index (χ1n) is 13.5. The third kappa shape index (κ3) is 5.48. The molecule has 13 nitrogen and oxygen atoms in total. The summed E-state index contributed by atoms with van der Waals surface area (Å²) in [6.45, 7) is 7.75. The van der Waals surface area contributed by atoms with Crippen LogP contribution in [0.5, 0.6) is 5.75 Å². The van der Waals surface area contributed by atoms with Crippen molar-refractivity contribution in [2.24, 2.45) is 0 Å². The van der Waals surface area contributed by atoms with Gasteiger partial charge in [-0.3, -0.25) is 14.5 Å². The molecule has 0 aliphatic carbocycles. The third-order valence-electron chi connectivity index (χ3n) is 7.33. The van der Waals surface area contributed by atoms with Crippen molar-refractivity contribution in [3.05, 3.63) is 40.1 Å². The molecule has 0 bridgehead atoms. The minimum atomic E-state index is -3.89. The van der Waals surface area contributed by atoms with Crippen molar-refractivity contribution < 1.29 is 22.7 Å². The highest BCUT2D eigenvalue weighted by atomic mass is 32.2. The number of aryl methyl sites for hydroxylation is 2. The smallest absolute Gasteiger partial charge is 0.277 e. The fourth-order valence-corrected chi connectivity index (χ4v) is 6.60. The average Bonchev–Trinajstić information content (AvgIpc) is 3.28. The number of carbonyl (C=O) groups excluding carboxylic acids is 1. The number of ether oxygens (including phenoxy) is 2. The van der Waals surface area contributed by atoms with Crippen LogP contribution in [0.25, 0.3) is 16.9 Å². The summed E-state index contributed by atoms with van der Waals surface area (Å²) in [5.74, 6) is 1.20. The normalized spacial score (nSPS) is 17.4. The molecule has 216 valence electrons. The Balaban J connectivity index is 1.39. The number of imidazole rings is 1. The number of morpholine rings is 1. The van der Waals surface area contributed by atoms with Crippen LogP contribution in [-0.4, -0.2) is 114 Å². The van der Waals surface area contributed by atoms with Crippen LogP contribution >= 0.6 is 0 Å². The van der Waals surface area contributed by atoms with Gasteiger partial charge in [-0.05, 0) is 31.5 Å². The number of H-pyrrole nitrogens is 1. The summed E-state index contributed by atoms with van der Waals surface area (Å²) in [6.07, 6.45) is 1.46. The number of nitrogens with one attached hydrogen (secondary N) is 1. The Hall–Kier alpha value is -3.33. The molecule has 2 aliphatic heterocycles. The molecule has 0 unspecified atom stereocenters. The summed E-state index contributed by atoms with van der Waals surface area (Å²) < 4.78 is 41.0. The van der Waals surface area contributed by atoms with E-state index in [-0.39, 0.29) is 35.3 Å². The van der Waals surface area contributed by atoms with Gasteiger partial charge in [0.15, 0.2) is 11.3 Å². The van der Waals surface area contributed by atoms with E-state index in [9.17, 15) is 18.0 Å². The molecule has 0 atom stereocenters. The highest BCUT2D eigenvalue weighted by molar-refractivity contribution is 7.89. The topological polar surface area (TPSA) is 142 Å². The lowest BCUT2D eigenvalue weighted by molar-refractivity contribution is -0.134. The van der Waals surface area contributed by atoms with E-state index in [1.54, 1.807) is 17.9 Å². The number of carbonyl (C=O) groups is 1. The summed E-state index contributed by atoms with van der Waals surface area (Å²) >= 11 is 0. The number of amides is 1. The predicted octanol–water partition coefficient (Wildman–Crippen LogP) is 0.519. The van der Waals surface area contributed by atoms with Crippen molar-refractivity contribution in [2.75, 3.05) is 66.1 Å². The molecule has 3 aromatic rings. The van der Waals surface area contributed by atoms with Gasteiger partial charge in [0.1, 0.15) is 11.6 Å². The highest BCUT2D eigenvalue weighted by Gasteiger charge is 2.31. The lowest BCUT2D eigenvalue weighted by atomic mass is 10.2. The molecule has 14 heteroatoms. The summed E-state index contributed by atoms with van der Waals surface area (Å²) in [7, 11) is -2.41. The Bertz CT molecular complexity index is 1550. The van der Waals surface area contributed by atoms with E-state index in [1.165, 1.54) is 28.1 Å². The second-order valence-corrected chi connectivity index (χ2v) is 11.9. The van der Waals surface area contributed by atoms with Gasteiger partial charge in [-0.2, -0.15) is 4.31 Å².